The Morgan fingerprint density at radius 2 is 1.82 bits per heavy atom. The van der Waals surface area contributed by atoms with Crippen molar-refractivity contribution >= 4 is 17.4 Å². The first kappa shape index (κ1) is 23.0. The minimum absolute atomic E-state index is 0.140. The highest BCUT2D eigenvalue weighted by Gasteiger charge is 2.30. The first-order valence-electron chi connectivity index (χ1n) is 10.4. The summed E-state index contributed by atoms with van der Waals surface area (Å²) in [4.78, 5) is 28.3. The molecule has 1 amide bonds. The summed E-state index contributed by atoms with van der Waals surface area (Å²) in [5.41, 5.74) is 1.89. The van der Waals surface area contributed by atoms with Crippen LogP contribution < -0.4 is 5.32 Å². The number of alkyl halides is 3. The molecule has 2 aromatic heterocycles. The van der Waals surface area contributed by atoms with Gasteiger partial charge in [-0.3, -0.25) is 4.79 Å². The van der Waals surface area contributed by atoms with E-state index in [1.807, 2.05) is 0 Å². The van der Waals surface area contributed by atoms with Gasteiger partial charge < -0.3 is 14.8 Å². The van der Waals surface area contributed by atoms with Crippen molar-refractivity contribution in [2.45, 2.75) is 25.6 Å². The minimum atomic E-state index is -4.44. The van der Waals surface area contributed by atoms with Gasteiger partial charge in [0.15, 0.2) is 5.69 Å². The number of carbonyl (C=O) groups excluding carboxylic acids is 1. The van der Waals surface area contributed by atoms with Crippen LogP contribution >= 0.6 is 0 Å². The number of hydrogen-bond donors (Lipinski definition) is 2. The fourth-order valence-electron chi connectivity index (χ4n) is 3.77. The van der Waals surface area contributed by atoms with Crippen molar-refractivity contribution in [1.29, 1.82) is 0 Å². The molecule has 2 heterocycles. The Morgan fingerprint density at radius 3 is 2.50 bits per heavy atom. The second-order valence-corrected chi connectivity index (χ2v) is 7.88. The van der Waals surface area contributed by atoms with Gasteiger partial charge in [0.05, 0.1) is 22.7 Å². The number of imidazole rings is 1. The number of pyridine rings is 1. The number of nitrogens with one attached hydrogen (secondary N) is 1. The lowest BCUT2D eigenvalue weighted by molar-refractivity contribution is -0.137. The number of carboxylic acids is 1. The van der Waals surface area contributed by atoms with Crippen LogP contribution in [0.3, 0.4) is 0 Å². The Morgan fingerprint density at radius 1 is 1.09 bits per heavy atom. The molecule has 9 heteroatoms. The predicted molar refractivity (Wildman–Crippen MR) is 119 cm³/mol. The number of fused-ring (bicyclic) bond motifs is 1. The van der Waals surface area contributed by atoms with Crippen molar-refractivity contribution < 1.29 is 27.9 Å². The number of carbonyl (C=O) groups is 2. The average Bonchev–Trinajstić information content (AvgIpc) is 3.24. The molecule has 4 aromatic rings. The number of nitrogens with zero attached hydrogens (tertiary/aromatic N) is 2. The quantitative estimate of drug-likeness (QED) is 0.412. The second-order valence-electron chi connectivity index (χ2n) is 7.88. The zero-order chi connectivity index (χ0) is 24.5. The largest absolute Gasteiger partial charge is 0.478 e. The molecule has 2 aromatic carbocycles. The van der Waals surface area contributed by atoms with E-state index in [-0.39, 0.29) is 17.7 Å². The number of carboxylic acid groups (broad SMARTS) is 1. The monoisotopic (exact) mass is 467 g/mol. The smallest absolute Gasteiger partial charge is 0.416 e. The average molecular weight is 467 g/mol. The summed E-state index contributed by atoms with van der Waals surface area (Å²) in [7, 11) is 0. The number of hydrogen-bond acceptors (Lipinski definition) is 3. The van der Waals surface area contributed by atoms with Crippen LogP contribution in [-0.2, 0) is 12.6 Å². The Balaban J connectivity index is 1.60. The third-order valence-corrected chi connectivity index (χ3v) is 5.51. The van der Waals surface area contributed by atoms with Crippen molar-refractivity contribution in [3.8, 4) is 0 Å². The Kier molecular flexibility index (Phi) is 6.10. The molecule has 34 heavy (non-hydrogen) atoms. The molecule has 0 saturated carbocycles. The van der Waals surface area contributed by atoms with E-state index in [1.165, 1.54) is 24.5 Å². The van der Waals surface area contributed by atoms with E-state index in [2.05, 4.69) is 10.3 Å². The van der Waals surface area contributed by atoms with Gasteiger partial charge in [-0.1, -0.05) is 36.4 Å². The highest BCUT2D eigenvalue weighted by molar-refractivity contribution is 6.00. The van der Waals surface area contributed by atoms with Crippen molar-refractivity contribution in [2.75, 3.05) is 0 Å². The Hall–Kier alpha value is -4.14. The molecule has 0 aliphatic rings. The summed E-state index contributed by atoms with van der Waals surface area (Å²) >= 11 is 0. The van der Waals surface area contributed by atoms with Crippen LogP contribution in [0.25, 0.3) is 5.52 Å². The summed E-state index contributed by atoms with van der Waals surface area (Å²) in [6.45, 7) is 1.76. The highest BCUT2D eigenvalue weighted by Crippen LogP contribution is 2.30. The van der Waals surface area contributed by atoms with Crippen LogP contribution in [0.5, 0.6) is 0 Å². The number of halogens is 3. The number of aromatic carboxylic acids is 1. The third-order valence-electron chi connectivity index (χ3n) is 5.51. The van der Waals surface area contributed by atoms with Crippen LogP contribution in [-0.4, -0.2) is 26.4 Å². The molecule has 2 N–H and O–H groups in total. The molecule has 0 spiro atoms. The van der Waals surface area contributed by atoms with Gasteiger partial charge in [-0.15, -0.1) is 0 Å². The molecule has 0 fully saturated rings. The lowest BCUT2D eigenvalue weighted by atomic mass is 10.0. The fraction of sp³-hybridized carbons (Fsp3) is 0.160. The van der Waals surface area contributed by atoms with E-state index in [0.717, 1.165) is 12.1 Å². The molecule has 4 rings (SSSR count). The van der Waals surface area contributed by atoms with Gasteiger partial charge in [0, 0.05) is 6.20 Å². The lowest BCUT2D eigenvalue weighted by Gasteiger charge is -2.14. The standard InChI is InChI=1S/C25H20F3N3O3/c1-15(17-7-9-18(10-8-17)24(33)34)30-23(32)21-22-19(5-3-11-31(22)14-29-21)12-16-4-2-6-20(13-16)25(26,27)28/h2-11,13-15H,12H2,1H3,(H,30,32)(H,33,34)/t15-/m0/s1. The van der Waals surface area contributed by atoms with Gasteiger partial charge in [-0.05, 0) is 54.3 Å². The molecule has 0 aliphatic heterocycles. The second kappa shape index (κ2) is 9.01. The van der Waals surface area contributed by atoms with Gasteiger partial charge in [0.25, 0.3) is 5.91 Å². The lowest BCUT2D eigenvalue weighted by Crippen LogP contribution is -2.27. The van der Waals surface area contributed by atoms with Gasteiger partial charge in [0.2, 0.25) is 0 Å². The highest BCUT2D eigenvalue weighted by atomic mass is 19.4. The number of amides is 1. The van der Waals surface area contributed by atoms with E-state index in [0.29, 0.717) is 22.2 Å². The van der Waals surface area contributed by atoms with E-state index in [4.69, 9.17) is 5.11 Å². The maximum absolute atomic E-state index is 13.1. The van der Waals surface area contributed by atoms with Crippen LogP contribution in [0.15, 0.2) is 73.2 Å². The SMILES string of the molecule is C[C@H](NC(=O)c1ncn2cccc(Cc3cccc(C(F)(F)F)c3)c12)c1ccc(C(=O)O)cc1. The van der Waals surface area contributed by atoms with Gasteiger partial charge >= 0.3 is 12.1 Å². The normalized spacial score (nSPS) is 12.5. The first-order valence-corrected chi connectivity index (χ1v) is 10.4. The molecular weight excluding hydrogens is 447 g/mol. The maximum atomic E-state index is 13.1. The van der Waals surface area contributed by atoms with Gasteiger partial charge in [-0.25, -0.2) is 9.78 Å². The molecule has 174 valence electrons. The molecule has 0 unspecified atom stereocenters. The van der Waals surface area contributed by atoms with Crippen LogP contribution in [0, 0.1) is 0 Å². The van der Waals surface area contributed by atoms with E-state index in [9.17, 15) is 22.8 Å². The summed E-state index contributed by atoms with van der Waals surface area (Å²) in [6, 6.07) is 14.3. The van der Waals surface area contributed by atoms with E-state index >= 15 is 0 Å². The zero-order valence-electron chi connectivity index (χ0n) is 18.0. The van der Waals surface area contributed by atoms with Crippen molar-refractivity contribution in [1.82, 2.24) is 14.7 Å². The number of aromatic nitrogens is 2. The van der Waals surface area contributed by atoms with Crippen molar-refractivity contribution in [2.24, 2.45) is 0 Å². The summed E-state index contributed by atoms with van der Waals surface area (Å²) in [6.07, 6.45) is -1.07. The topological polar surface area (TPSA) is 83.7 Å². The van der Waals surface area contributed by atoms with Crippen LogP contribution in [0.1, 0.15) is 56.1 Å². The van der Waals surface area contributed by atoms with Crippen molar-refractivity contribution in [3.63, 3.8) is 0 Å². The summed E-state index contributed by atoms with van der Waals surface area (Å²) < 4.78 is 41.0. The van der Waals surface area contributed by atoms with E-state index in [1.54, 1.807) is 47.9 Å². The summed E-state index contributed by atoms with van der Waals surface area (Å²) in [5, 5.41) is 11.9. The molecule has 0 aliphatic carbocycles. The molecule has 6 nitrogen and oxygen atoms in total. The summed E-state index contributed by atoms with van der Waals surface area (Å²) in [5.74, 6) is -1.49. The third kappa shape index (κ3) is 4.78. The maximum Gasteiger partial charge on any atom is 0.416 e. The predicted octanol–water partition coefficient (Wildman–Crippen LogP) is 5.13. The van der Waals surface area contributed by atoms with Crippen LogP contribution in [0.2, 0.25) is 0 Å². The molecule has 0 saturated heterocycles. The van der Waals surface area contributed by atoms with E-state index < -0.39 is 29.7 Å². The van der Waals surface area contributed by atoms with Gasteiger partial charge in [0.1, 0.15) is 6.33 Å². The molecular formula is C25H20F3N3O3. The van der Waals surface area contributed by atoms with Gasteiger partial charge in [-0.2, -0.15) is 13.2 Å². The molecule has 1 atom stereocenters. The number of rotatable bonds is 6. The Labute approximate surface area is 192 Å². The molecule has 0 bridgehead atoms. The first-order chi connectivity index (χ1) is 16.1. The van der Waals surface area contributed by atoms with Crippen molar-refractivity contribution in [3.05, 3.63) is 107 Å². The van der Waals surface area contributed by atoms with Crippen LogP contribution in [0.4, 0.5) is 13.2 Å². The Bertz CT molecular complexity index is 1360. The minimum Gasteiger partial charge on any atom is -0.478 e. The fourth-order valence-corrected chi connectivity index (χ4v) is 3.77. The zero-order valence-corrected chi connectivity index (χ0v) is 18.0. The number of benzene rings is 2. The molecule has 0 radical (unpaired) electrons.